The zero-order chi connectivity index (χ0) is 15.5. The number of benzene rings is 1. The van der Waals surface area contributed by atoms with E-state index >= 15 is 0 Å². The van der Waals surface area contributed by atoms with Crippen molar-refractivity contribution in [3.8, 4) is 0 Å². The average molecular weight is 303 g/mol. The SMILES string of the molecule is Cc1cc(NC2CCOC2)cc(N2CCN(C(C)C)CC2)c1. The van der Waals surface area contributed by atoms with Gasteiger partial charge in [-0.05, 0) is 51.0 Å². The lowest BCUT2D eigenvalue weighted by Crippen LogP contribution is -2.48. The first-order valence-electron chi connectivity index (χ1n) is 8.57. The molecule has 0 aliphatic carbocycles. The second-order valence-corrected chi connectivity index (χ2v) is 6.88. The Morgan fingerprint density at radius 3 is 2.55 bits per heavy atom. The third kappa shape index (κ3) is 3.73. The Balaban J connectivity index is 1.67. The first kappa shape index (κ1) is 15.6. The van der Waals surface area contributed by atoms with E-state index < -0.39 is 0 Å². The van der Waals surface area contributed by atoms with Crippen LogP contribution >= 0.6 is 0 Å². The molecular weight excluding hydrogens is 274 g/mol. The van der Waals surface area contributed by atoms with Gasteiger partial charge in [0.1, 0.15) is 0 Å². The molecule has 2 heterocycles. The Kier molecular flexibility index (Phi) is 4.89. The lowest BCUT2D eigenvalue weighted by Gasteiger charge is -2.38. The third-order valence-corrected chi connectivity index (χ3v) is 4.77. The monoisotopic (exact) mass is 303 g/mol. The van der Waals surface area contributed by atoms with Crippen LogP contribution in [0.3, 0.4) is 0 Å². The second kappa shape index (κ2) is 6.88. The molecule has 1 atom stereocenters. The maximum absolute atomic E-state index is 5.46. The minimum absolute atomic E-state index is 0.465. The molecule has 2 fully saturated rings. The maximum atomic E-state index is 5.46. The van der Waals surface area contributed by atoms with Crippen molar-refractivity contribution >= 4 is 11.4 Å². The molecule has 2 aliphatic heterocycles. The van der Waals surface area contributed by atoms with Crippen LogP contribution in [-0.4, -0.2) is 56.4 Å². The van der Waals surface area contributed by atoms with Gasteiger partial charge in [0, 0.05) is 50.2 Å². The number of anilines is 2. The molecule has 4 nitrogen and oxygen atoms in total. The highest BCUT2D eigenvalue weighted by atomic mass is 16.5. The van der Waals surface area contributed by atoms with Gasteiger partial charge in [0.25, 0.3) is 0 Å². The Bertz CT molecular complexity index is 489. The summed E-state index contributed by atoms with van der Waals surface area (Å²) in [6, 6.07) is 7.97. The van der Waals surface area contributed by atoms with Crippen LogP contribution in [0.4, 0.5) is 11.4 Å². The number of hydrogen-bond acceptors (Lipinski definition) is 4. The lowest BCUT2D eigenvalue weighted by molar-refractivity contribution is 0.195. The van der Waals surface area contributed by atoms with Crippen molar-refractivity contribution in [2.75, 3.05) is 49.6 Å². The lowest BCUT2D eigenvalue weighted by atomic mass is 10.1. The summed E-state index contributed by atoms with van der Waals surface area (Å²) in [7, 11) is 0. The zero-order valence-electron chi connectivity index (χ0n) is 14.1. The molecule has 0 aromatic heterocycles. The number of nitrogens with zero attached hydrogens (tertiary/aromatic N) is 2. The quantitative estimate of drug-likeness (QED) is 0.925. The minimum Gasteiger partial charge on any atom is -0.380 e. The Hall–Kier alpha value is -1.26. The van der Waals surface area contributed by atoms with Gasteiger partial charge in [0.05, 0.1) is 12.6 Å². The van der Waals surface area contributed by atoms with Gasteiger partial charge >= 0.3 is 0 Å². The van der Waals surface area contributed by atoms with Crippen molar-refractivity contribution in [3.63, 3.8) is 0 Å². The summed E-state index contributed by atoms with van der Waals surface area (Å²) in [4.78, 5) is 5.07. The first-order valence-corrected chi connectivity index (χ1v) is 8.57. The summed E-state index contributed by atoms with van der Waals surface area (Å²) in [5.74, 6) is 0. The molecule has 2 saturated heterocycles. The van der Waals surface area contributed by atoms with Crippen LogP contribution in [-0.2, 0) is 4.74 Å². The van der Waals surface area contributed by atoms with Crippen molar-refractivity contribution < 1.29 is 4.74 Å². The van der Waals surface area contributed by atoms with Gasteiger partial charge in [-0.1, -0.05) is 0 Å². The van der Waals surface area contributed by atoms with Crippen LogP contribution in [0.2, 0.25) is 0 Å². The molecule has 0 amide bonds. The van der Waals surface area contributed by atoms with Crippen molar-refractivity contribution in [1.82, 2.24) is 4.90 Å². The van der Waals surface area contributed by atoms with E-state index in [0.717, 1.165) is 45.8 Å². The number of piperazine rings is 1. The first-order chi connectivity index (χ1) is 10.6. The molecule has 0 saturated carbocycles. The summed E-state index contributed by atoms with van der Waals surface area (Å²) in [6.45, 7) is 13.0. The number of hydrogen-bond donors (Lipinski definition) is 1. The topological polar surface area (TPSA) is 27.7 Å². The van der Waals surface area contributed by atoms with Crippen LogP contribution in [0.1, 0.15) is 25.8 Å². The number of aryl methyl sites for hydroxylation is 1. The molecule has 22 heavy (non-hydrogen) atoms. The van der Waals surface area contributed by atoms with Gasteiger partial charge < -0.3 is 15.0 Å². The summed E-state index contributed by atoms with van der Waals surface area (Å²) in [5.41, 5.74) is 3.91. The van der Waals surface area contributed by atoms with Crippen LogP contribution in [0.25, 0.3) is 0 Å². The fourth-order valence-electron chi connectivity index (χ4n) is 3.41. The predicted octanol–water partition coefficient (Wildman–Crippen LogP) is 2.73. The highest BCUT2D eigenvalue weighted by Crippen LogP contribution is 2.25. The number of ether oxygens (including phenoxy) is 1. The highest BCUT2D eigenvalue weighted by Gasteiger charge is 2.20. The molecule has 1 aromatic carbocycles. The van der Waals surface area contributed by atoms with E-state index in [1.54, 1.807) is 0 Å². The van der Waals surface area contributed by atoms with Gasteiger partial charge in [-0.15, -0.1) is 0 Å². The van der Waals surface area contributed by atoms with E-state index in [1.807, 2.05) is 0 Å². The molecule has 0 radical (unpaired) electrons. The highest BCUT2D eigenvalue weighted by molar-refractivity contribution is 5.61. The van der Waals surface area contributed by atoms with E-state index in [9.17, 15) is 0 Å². The summed E-state index contributed by atoms with van der Waals surface area (Å²) in [5, 5.41) is 3.63. The summed E-state index contributed by atoms with van der Waals surface area (Å²) >= 11 is 0. The molecule has 0 bridgehead atoms. The van der Waals surface area contributed by atoms with Crippen molar-refractivity contribution in [2.24, 2.45) is 0 Å². The average Bonchev–Trinajstić information content (AvgIpc) is 2.99. The summed E-state index contributed by atoms with van der Waals surface area (Å²) in [6.07, 6.45) is 1.11. The normalized spacial score (nSPS) is 23.3. The van der Waals surface area contributed by atoms with E-state index in [4.69, 9.17) is 4.74 Å². The molecule has 3 rings (SSSR count). The standard InChI is InChI=1S/C18H29N3O/c1-14(2)20-5-7-21(8-6-20)18-11-15(3)10-17(12-18)19-16-4-9-22-13-16/h10-12,14,16,19H,4-9,13H2,1-3H3. The van der Waals surface area contributed by atoms with E-state index in [-0.39, 0.29) is 0 Å². The Morgan fingerprint density at radius 1 is 1.14 bits per heavy atom. The van der Waals surface area contributed by atoms with Crippen molar-refractivity contribution in [2.45, 2.75) is 39.3 Å². The smallest absolute Gasteiger partial charge is 0.0668 e. The second-order valence-electron chi connectivity index (χ2n) is 6.88. The van der Waals surface area contributed by atoms with Gasteiger partial charge in [-0.3, -0.25) is 4.90 Å². The van der Waals surface area contributed by atoms with Crippen LogP contribution in [0, 0.1) is 6.92 Å². The molecule has 0 spiro atoms. The zero-order valence-corrected chi connectivity index (χ0v) is 14.1. The minimum atomic E-state index is 0.465. The van der Waals surface area contributed by atoms with Gasteiger partial charge in [0.2, 0.25) is 0 Å². The maximum Gasteiger partial charge on any atom is 0.0668 e. The largest absolute Gasteiger partial charge is 0.380 e. The van der Waals surface area contributed by atoms with E-state index in [1.165, 1.54) is 16.9 Å². The Morgan fingerprint density at radius 2 is 1.91 bits per heavy atom. The van der Waals surface area contributed by atoms with Gasteiger partial charge in [-0.25, -0.2) is 0 Å². The van der Waals surface area contributed by atoms with Gasteiger partial charge in [-0.2, -0.15) is 0 Å². The van der Waals surface area contributed by atoms with Crippen LogP contribution in [0.15, 0.2) is 18.2 Å². The molecule has 4 heteroatoms. The van der Waals surface area contributed by atoms with Crippen LogP contribution in [0.5, 0.6) is 0 Å². The molecule has 1 unspecified atom stereocenters. The van der Waals surface area contributed by atoms with Gasteiger partial charge in [0.15, 0.2) is 0 Å². The molecule has 1 aromatic rings. The fourth-order valence-corrected chi connectivity index (χ4v) is 3.41. The third-order valence-electron chi connectivity index (χ3n) is 4.77. The van der Waals surface area contributed by atoms with Crippen LogP contribution < -0.4 is 10.2 Å². The fraction of sp³-hybridized carbons (Fsp3) is 0.667. The van der Waals surface area contributed by atoms with Crippen molar-refractivity contribution in [1.29, 1.82) is 0 Å². The molecule has 1 N–H and O–H groups in total. The number of rotatable bonds is 4. The molecule has 122 valence electrons. The molecule has 2 aliphatic rings. The van der Waals surface area contributed by atoms with E-state index in [2.05, 4.69) is 54.1 Å². The Labute approximate surface area is 134 Å². The number of nitrogens with one attached hydrogen (secondary N) is 1. The van der Waals surface area contributed by atoms with Crippen molar-refractivity contribution in [3.05, 3.63) is 23.8 Å². The molecular formula is C18H29N3O. The summed E-state index contributed by atoms with van der Waals surface area (Å²) < 4.78 is 5.46. The predicted molar refractivity (Wildman–Crippen MR) is 92.9 cm³/mol. The van der Waals surface area contributed by atoms with E-state index in [0.29, 0.717) is 12.1 Å².